The molecular weight excluding hydrogens is 547 g/mol. The smallest absolute Gasteiger partial charge is 0.416 e. The third-order valence-corrected chi connectivity index (χ3v) is 4.85. The average Bonchev–Trinajstić information content (AvgIpc) is 2.69. The Kier molecular flexibility index (Phi) is 8.87. The molecule has 0 aromatic heterocycles. The number of nitrogens with zero attached hydrogens (tertiary/aromatic N) is 1. The van der Waals surface area contributed by atoms with Crippen LogP contribution in [0.25, 0.3) is 0 Å². The van der Waals surface area contributed by atoms with Crippen LogP contribution in [0.2, 0.25) is 5.02 Å². The topological polar surface area (TPSA) is 160 Å². The van der Waals surface area contributed by atoms with Crippen molar-refractivity contribution in [2.45, 2.75) is 18.6 Å². The molecule has 0 fully saturated rings. The number of carboxylic acids is 1. The highest BCUT2D eigenvalue weighted by Gasteiger charge is 2.32. The first kappa shape index (κ1) is 26.9. The maximum absolute atomic E-state index is 13.2. The number of guanidine groups is 1. The van der Waals surface area contributed by atoms with E-state index in [1.165, 1.54) is 6.07 Å². The van der Waals surface area contributed by atoms with Gasteiger partial charge in [-0.1, -0.05) is 27.5 Å². The van der Waals surface area contributed by atoms with Gasteiger partial charge in [0, 0.05) is 15.1 Å². The van der Waals surface area contributed by atoms with Crippen LogP contribution in [0.4, 0.5) is 18.9 Å². The second-order valence-corrected chi connectivity index (χ2v) is 8.26. The Labute approximate surface area is 204 Å². The number of nitrogens with one attached hydrogen (secondary N) is 2. The lowest BCUT2D eigenvalue weighted by Crippen LogP contribution is -2.39. The number of carbonyl (C=O) groups excluding carboxylic acids is 2. The fourth-order valence-electron chi connectivity index (χ4n) is 2.83. The predicted octanol–water partition coefficient (Wildman–Crippen LogP) is 3.09. The molecule has 14 heteroatoms. The van der Waals surface area contributed by atoms with Gasteiger partial charge in [0.2, 0.25) is 5.91 Å². The molecule has 0 heterocycles. The van der Waals surface area contributed by atoms with Crippen molar-refractivity contribution < 1.29 is 32.7 Å². The number of rotatable bonds is 8. The summed E-state index contributed by atoms with van der Waals surface area (Å²) in [4.78, 5) is 39.5. The van der Waals surface area contributed by atoms with Gasteiger partial charge in [-0.3, -0.25) is 14.4 Å². The Morgan fingerprint density at radius 2 is 1.79 bits per heavy atom. The summed E-state index contributed by atoms with van der Waals surface area (Å²) < 4.78 is 40.0. The normalized spacial score (nSPS) is 11.9. The first-order chi connectivity index (χ1) is 15.7. The van der Waals surface area contributed by atoms with Crippen LogP contribution in [0.3, 0.4) is 0 Å². The molecule has 1 unspecified atom stereocenters. The molecule has 0 aliphatic rings. The molecule has 2 aromatic rings. The lowest BCUT2D eigenvalue weighted by atomic mass is 10.0. The zero-order chi connectivity index (χ0) is 25.6. The molecule has 0 saturated heterocycles. The second-order valence-electron chi connectivity index (χ2n) is 6.91. The van der Waals surface area contributed by atoms with Crippen LogP contribution in [0.5, 0.6) is 0 Å². The van der Waals surface area contributed by atoms with Gasteiger partial charge < -0.3 is 27.2 Å². The molecule has 2 rings (SSSR count). The molecule has 182 valence electrons. The van der Waals surface area contributed by atoms with E-state index in [1.54, 1.807) is 12.1 Å². The summed E-state index contributed by atoms with van der Waals surface area (Å²) in [5.41, 5.74) is 8.86. The van der Waals surface area contributed by atoms with Gasteiger partial charge in [0.1, 0.15) is 0 Å². The summed E-state index contributed by atoms with van der Waals surface area (Å²) in [6.45, 7) is -0.648. The zero-order valence-electron chi connectivity index (χ0n) is 17.1. The summed E-state index contributed by atoms with van der Waals surface area (Å²) in [5.74, 6) is -3.51. The van der Waals surface area contributed by atoms with E-state index in [2.05, 4.69) is 31.6 Å². The van der Waals surface area contributed by atoms with E-state index in [1.807, 2.05) is 0 Å². The van der Waals surface area contributed by atoms with Crippen LogP contribution < -0.4 is 22.1 Å². The van der Waals surface area contributed by atoms with Gasteiger partial charge in [-0.2, -0.15) is 13.2 Å². The maximum Gasteiger partial charge on any atom is 0.416 e. The van der Waals surface area contributed by atoms with Gasteiger partial charge in [0.15, 0.2) is 5.96 Å². The van der Waals surface area contributed by atoms with Gasteiger partial charge in [-0.15, -0.1) is 0 Å². The summed E-state index contributed by atoms with van der Waals surface area (Å²) in [7, 11) is 0. The van der Waals surface area contributed by atoms with Crippen molar-refractivity contribution in [3.63, 3.8) is 0 Å². The molecule has 2 amide bonds. The maximum atomic E-state index is 13.2. The summed E-state index contributed by atoms with van der Waals surface area (Å²) in [5, 5.41) is 14.1. The number of carbonyl (C=O) groups is 3. The largest absolute Gasteiger partial charge is 0.481 e. The molecule has 0 bridgehead atoms. The fraction of sp³-hybridized carbons (Fsp3) is 0.200. The minimum absolute atomic E-state index is 0.295. The number of hydrogen-bond donors (Lipinski definition) is 5. The standard InChI is InChI=1S/C20H18BrClF3N5O4/c21-12-2-9(3-13(22)6-12)15(7-17(32)33)30-16(31)8-28-18(34)10-1-11(20(23,24)25)5-14(4-10)29-19(26)27/h1-6,15H,7-8H2,(H,28,34)(H,30,31)(H,32,33)(H4,26,27,29). The van der Waals surface area contributed by atoms with Crippen LogP contribution in [0.1, 0.15) is 33.9 Å². The van der Waals surface area contributed by atoms with Crippen molar-refractivity contribution in [2.75, 3.05) is 6.54 Å². The number of hydrogen-bond acceptors (Lipinski definition) is 4. The average molecular weight is 565 g/mol. The molecule has 0 spiro atoms. The van der Waals surface area contributed by atoms with Crippen LogP contribution in [-0.4, -0.2) is 35.4 Å². The lowest BCUT2D eigenvalue weighted by Gasteiger charge is -2.18. The number of aliphatic carboxylic acids is 1. The van der Waals surface area contributed by atoms with Crippen molar-refractivity contribution in [2.24, 2.45) is 16.5 Å². The molecule has 9 nitrogen and oxygen atoms in total. The van der Waals surface area contributed by atoms with Crippen molar-refractivity contribution in [3.8, 4) is 0 Å². The Hall–Kier alpha value is -3.32. The monoisotopic (exact) mass is 563 g/mol. The van der Waals surface area contributed by atoms with E-state index in [9.17, 15) is 27.6 Å². The SMILES string of the molecule is NC(N)=Nc1cc(C(=O)NCC(=O)NC(CC(=O)O)c2cc(Cl)cc(Br)c2)cc(C(F)(F)F)c1. The van der Waals surface area contributed by atoms with E-state index < -0.39 is 60.1 Å². The summed E-state index contributed by atoms with van der Waals surface area (Å²) in [6, 6.07) is 5.85. The number of nitrogens with two attached hydrogens (primary N) is 2. The first-order valence-electron chi connectivity index (χ1n) is 9.32. The minimum atomic E-state index is -4.78. The molecule has 1 atom stereocenters. The molecular formula is C20H18BrClF3N5O4. The highest BCUT2D eigenvalue weighted by Crippen LogP contribution is 2.33. The Balaban J connectivity index is 2.17. The fourth-order valence-corrected chi connectivity index (χ4v) is 3.72. The third kappa shape index (κ3) is 8.23. The molecule has 0 saturated carbocycles. The number of halogens is 5. The second kappa shape index (κ2) is 11.2. The van der Waals surface area contributed by atoms with Crippen LogP contribution >= 0.6 is 27.5 Å². The molecule has 2 aromatic carbocycles. The number of amides is 2. The van der Waals surface area contributed by atoms with Gasteiger partial charge in [-0.05, 0) is 42.0 Å². The van der Waals surface area contributed by atoms with Crippen molar-refractivity contribution >= 4 is 57.0 Å². The van der Waals surface area contributed by atoms with Gasteiger partial charge in [0.25, 0.3) is 5.91 Å². The number of benzene rings is 2. The van der Waals surface area contributed by atoms with Crippen LogP contribution in [0, 0.1) is 0 Å². The summed E-state index contributed by atoms with van der Waals surface area (Å²) >= 11 is 9.20. The van der Waals surface area contributed by atoms with Gasteiger partial charge in [0.05, 0.1) is 30.3 Å². The minimum Gasteiger partial charge on any atom is -0.481 e. The molecule has 0 radical (unpaired) electrons. The van der Waals surface area contributed by atoms with E-state index in [0.717, 1.165) is 6.07 Å². The number of aliphatic imine (C=N–C) groups is 1. The molecule has 34 heavy (non-hydrogen) atoms. The van der Waals surface area contributed by atoms with Crippen LogP contribution in [0.15, 0.2) is 45.9 Å². The Morgan fingerprint density at radius 3 is 2.35 bits per heavy atom. The van der Waals surface area contributed by atoms with E-state index >= 15 is 0 Å². The molecule has 0 aliphatic heterocycles. The lowest BCUT2D eigenvalue weighted by molar-refractivity contribution is -0.138. The van der Waals surface area contributed by atoms with Crippen LogP contribution in [-0.2, 0) is 15.8 Å². The van der Waals surface area contributed by atoms with Crippen molar-refractivity contribution in [3.05, 3.63) is 62.6 Å². The molecule has 0 aliphatic carbocycles. The van der Waals surface area contributed by atoms with Gasteiger partial charge in [-0.25, -0.2) is 4.99 Å². The van der Waals surface area contributed by atoms with E-state index in [4.69, 9.17) is 28.2 Å². The predicted molar refractivity (Wildman–Crippen MR) is 122 cm³/mol. The third-order valence-electron chi connectivity index (χ3n) is 4.18. The van der Waals surface area contributed by atoms with Crippen molar-refractivity contribution in [1.82, 2.24) is 10.6 Å². The van der Waals surface area contributed by atoms with E-state index in [0.29, 0.717) is 27.2 Å². The zero-order valence-corrected chi connectivity index (χ0v) is 19.5. The molecule has 7 N–H and O–H groups in total. The van der Waals surface area contributed by atoms with Gasteiger partial charge >= 0.3 is 12.1 Å². The highest BCUT2D eigenvalue weighted by atomic mass is 79.9. The quantitative estimate of drug-likeness (QED) is 0.245. The number of alkyl halides is 3. The van der Waals surface area contributed by atoms with E-state index in [-0.39, 0.29) is 5.69 Å². The highest BCUT2D eigenvalue weighted by molar-refractivity contribution is 9.10. The van der Waals surface area contributed by atoms with Crippen molar-refractivity contribution in [1.29, 1.82) is 0 Å². The Bertz CT molecular complexity index is 1120. The number of carboxylic acid groups (broad SMARTS) is 1. The Morgan fingerprint density at radius 1 is 1.12 bits per heavy atom. The summed E-state index contributed by atoms with van der Waals surface area (Å²) in [6.07, 6.45) is -5.27. The first-order valence-corrected chi connectivity index (χ1v) is 10.5.